The molecule has 104 valence electrons. The maximum absolute atomic E-state index is 13.6. The molecule has 19 heavy (non-hydrogen) atoms. The molecule has 1 aromatic carbocycles. The summed E-state index contributed by atoms with van der Waals surface area (Å²) < 4.78 is 13.6. The van der Waals surface area contributed by atoms with E-state index in [1.807, 2.05) is 0 Å². The van der Waals surface area contributed by atoms with Crippen LogP contribution in [0.25, 0.3) is 0 Å². The van der Waals surface area contributed by atoms with Crippen LogP contribution in [0.3, 0.4) is 0 Å². The van der Waals surface area contributed by atoms with Crippen molar-refractivity contribution in [2.24, 2.45) is 0 Å². The topological polar surface area (TPSA) is 32.5 Å². The second-order valence-corrected chi connectivity index (χ2v) is 5.86. The third kappa shape index (κ3) is 2.51. The number of nitrogens with two attached hydrogens (primary N) is 1. The van der Waals surface area contributed by atoms with Crippen LogP contribution in [0.2, 0.25) is 5.02 Å². The van der Waals surface area contributed by atoms with Crippen LogP contribution >= 0.6 is 11.6 Å². The highest BCUT2D eigenvalue weighted by Gasteiger charge is 2.29. The van der Waals surface area contributed by atoms with Crippen molar-refractivity contribution < 1.29 is 4.39 Å². The van der Waals surface area contributed by atoms with Crippen LogP contribution in [-0.2, 0) is 0 Å². The zero-order valence-corrected chi connectivity index (χ0v) is 11.7. The number of halogens is 2. The number of anilines is 2. The van der Waals surface area contributed by atoms with Gasteiger partial charge in [-0.15, -0.1) is 0 Å². The Morgan fingerprint density at radius 1 is 1.21 bits per heavy atom. The molecule has 0 aromatic heterocycles. The predicted octanol–water partition coefficient (Wildman–Crippen LogP) is 2.74. The average molecular weight is 284 g/mol. The molecule has 1 aromatic rings. The van der Waals surface area contributed by atoms with Crippen molar-refractivity contribution in [3.8, 4) is 0 Å². The number of hydrogen-bond acceptors (Lipinski definition) is 3. The summed E-state index contributed by atoms with van der Waals surface area (Å²) in [5, 5.41) is 0.0950. The number of nitrogens with zero attached hydrogens (tertiary/aromatic N) is 2. The van der Waals surface area contributed by atoms with E-state index in [2.05, 4.69) is 9.80 Å². The first-order chi connectivity index (χ1) is 9.15. The Labute approximate surface area is 118 Å². The largest absolute Gasteiger partial charge is 0.397 e. The normalized spacial score (nSPS) is 24.3. The smallest absolute Gasteiger partial charge is 0.144 e. The monoisotopic (exact) mass is 283 g/mol. The van der Waals surface area contributed by atoms with Crippen LogP contribution in [0.5, 0.6) is 0 Å². The fourth-order valence-corrected chi connectivity index (χ4v) is 3.37. The molecule has 3 nitrogen and oxygen atoms in total. The quantitative estimate of drug-likeness (QED) is 0.805. The Morgan fingerprint density at radius 2 is 2.05 bits per heavy atom. The van der Waals surface area contributed by atoms with Crippen molar-refractivity contribution in [3.05, 3.63) is 23.0 Å². The number of benzene rings is 1. The summed E-state index contributed by atoms with van der Waals surface area (Å²) in [7, 11) is 0. The number of fused-ring (bicyclic) bond motifs is 1. The highest BCUT2D eigenvalue weighted by molar-refractivity contribution is 6.31. The Hall–Kier alpha value is -1.00. The van der Waals surface area contributed by atoms with Crippen LogP contribution in [0.4, 0.5) is 15.8 Å². The Morgan fingerprint density at radius 3 is 2.89 bits per heavy atom. The second kappa shape index (κ2) is 5.17. The molecule has 2 aliphatic rings. The van der Waals surface area contributed by atoms with Gasteiger partial charge in [0.25, 0.3) is 0 Å². The number of nitrogen functional groups attached to an aromatic ring is 1. The lowest BCUT2D eigenvalue weighted by atomic mass is 9.99. The SMILES string of the molecule is Nc1cc(Cl)c(F)cc1N1CCN2CCCCC2C1. The van der Waals surface area contributed by atoms with Gasteiger partial charge in [-0.25, -0.2) is 4.39 Å². The van der Waals surface area contributed by atoms with Crippen molar-refractivity contribution in [2.45, 2.75) is 25.3 Å². The first-order valence-corrected chi connectivity index (χ1v) is 7.26. The van der Waals surface area contributed by atoms with Gasteiger partial charge < -0.3 is 10.6 Å². The van der Waals surface area contributed by atoms with Crippen LogP contribution in [0.15, 0.2) is 12.1 Å². The number of rotatable bonds is 1. The maximum Gasteiger partial charge on any atom is 0.144 e. The van der Waals surface area contributed by atoms with E-state index in [1.54, 1.807) is 0 Å². The molecule has 2 heterocycles. The zero-order chi connectivity index (χ0) is 13.4. The van der Waals surface area contributed by atoms with Gasteiger partial charge in [-0.3, -0.25) is 4.90 Å². The Balaban J connectivity index is 1.81. The van der Waals surface area contributed by atoms with Crippen LogP contribution in [-0.4, -0.2) is 37.1 Å². The summed E-state index contributed by atoms with van der Waals surface area (Å²) in [6.45, 7) is 4.07. The lowest BCUT2D eigenvalue weighted by Gasteiger charge is -2.45. The van der Waals surface area contributed by atoms with Gasteiger partial charge in [0.15, 0.2) is 0 Å². The molecule has 0 aliphatic carbocycles. The minimum atomic E-state index is -0.392. The van der Waals surface area contributed by atoms with Gasteiger partial charge in [0.2, 0.25) is 0 Å². The summed E-state index contributed by atoms with van der Waals surface area (Å²) in [4.78, 5) is 4.74. The van der Waals surface area contributed by atoms with Gasteiger partial charge in [-0.1, -0.05) is 18.0 Å². The van der Waals surface area contributed by atoms with Gasteiger partial charge in [0, 0.05) is 31.7 Å². The fourth-order valence-electron chi connectivity index (χ4n) is 3.20. The van der Waals surface area contributed by atoms with E-state index in [4.69, 9.17) is 17.3 Å². The molecule has 0 amide bonds. The maximum atomic E-state index is 13.6. The van der Waals surface area contributed by atoms with Crippen molar-refractivity contribution in [1.29, 1.82) is 0 Å². The summed E-state index contributed by atoms with van der Waals surface area (Å²) in [5.41, 5.74) is 7.33. The van der Waals surface area contributed by atoms with Gasteiger partial charge in [-0.2, -0.15) is 0 Å². The average Bonchev–Trinajstić information content (AvgIpc) is 2.42. The molecule has 0 saturated carbocycles. The number of piperazine rings is 1. The first kappa shape index (κ1) is 13.0. The van der Waals surface area contributed by atoms with Crippen molar-refractivity contribution in [1.82, 2.24) is 4.90 Å². The Bertz CT molecular complexity index is 480. The molecular formula is C14H19ClFN3. The molecule has 2 saturated heterocycles. The molecule has 0 bridgehead atoms. The summed E-state index contributed by atoms with van der Waals surface area (Å²) in [6.07, 6.45) is 3.82. The lowest BCUT2D eigenvalue weighted by molar-refractivity contribution is 0.133. The number of piperidine rings is 1. The van der Waals surface area contributed by atoms with Crippen molar-refractivity contribution >= 4 is 23.0 Å². The van der Waals surface area contributed by atoms with Gasteiger partial charge in [0.1, 0.15) is 5.82 Å². The first-order valence-electron chi connectivity index (χ1n) is 6.88. The molecule has 0 spiro atoms. The molecule has 5 heteroatoms. The minimum absolute atomic E-state index is 0.0950. The highest BCUT2D eigenvalue weighted by atomic mass is 35.5. The third-order valence-corrected chi connectivity index (χ3v) is 4.54. The van der Waals surface area contributed by atoms with Crippen molar-refractivity contribution in [3.63, 3.8) is 0 Å². The van der Waals surface area contributed by atoms with Crippen LogP contribution in [0, 0.1) is 5.82 Å². The zero-order valence-electron chi connectivity index (χ0n) is 10.9. The molecule has 2 N–H and O–H groups in total. The standard InChI is InChI=1S/C14H19ClFN3/c15-11-7-13(17)14(8-12(11)16)19-6-5-18-4-2-1-3-10(18)9-19/h7-8,10H,1-6,9,17H2. The molecule has 1 unspecified atom stereocenters. The lowest BCUT2D eigenvalue weighted by Crippen LogP contribution is -2.55. The summed E-state index contributed by atoms with van der Waals surface area (Å²) in [6, 6.07) is 3.57. The van der Waals surface area contributed by atoms with E-state index in [0.717, 1.165) is 25.3 Å². The van der Waals surface area contributed by atoms with E-state index in [9.17, 15) is 4.39 Å². The Kier molecular flexibility index (Phi) is 3.54. The minimum Gasteiger partial charge on any atom is -0.397 e. The van der Waals surface area contributed by atoms with Crippen LogP contribution < -0.4 is 10.6 Å². The van der Waals surface area contributed by atoms with E-state index < -0.39 is 5.82 Å². The van der Waals surface area contributed by atoms with E-state index in [-0.39, 0.29) is 5.02 Å². The van der Waals surface area contributed by atoms with Gasteiger partial charge in [-0.05, 0) is 25.5 Å². The number of hydrogen-bond donors (Lipinski definition) is 1. The van der Waals surface area contributed by atoms with Crippen LogP contribution in [0.1, 0.15) is 19.3 Å². The van der Waals surface area contributed by atoms with Gasteiger partial charge in [0.05, 0.1) is 16.4 Å². The molecule has 0 radical (unpaired) electrons. The highest BCUT2D eigenvalue weighted by Crippen LogP contribution is 2.32. The molecule has 2 fully saturated rings. The molecule has 1 atom stereocenters. The summed E-state index contributed by atoms with van der Waals surface area (Å²) in [5.74, 6) is -0.392. The molecule has 3 rings (SSSR count). The molecule has 2 aliphatic heterocycles. The second-order valence-electron chi connectivity index (χ2n) is 5.46. The van der Waals surface area contributed by atoms with E-state index in [1.165, 1.54) is 37.9 Å². The predicted molar refractivity (Wildman–Crippen MR) is 77.2 cm³/mol. The fraction of sp³-hybridized carbons (Fsp3) is 0.571. The molecular weight excluding hydrogens is 265 g/mol. The van der Waals surface area contributed by atoms with Crippen molar-refractivity contribution in [2.75, 3.05) is 36.8 Å². The summed E-state index contributed by atoms with van der Waals surface area (Å²) >= 11 is 5.75. The van der Waals surface area contributed by atoms with E-state index >= 15 is 0 Å². The van der Waals surface area contributed by atoms with Gasteiger partial charge >= 0.3 is 0 Å². The van der Waals surface area contributed by atoms with E-state index in [0.29, 0.717) is 11.7 Å². The third-order valence-electron chi connectivity index (χ3n) is 4.25.